The number of rotatable bonds is 2. The van der Waals surface area contributed by atoms with Crippen molar-refractivity contribution in [3.63, 3.8) is 0 Å². The van der Waals surface area contributed by atoms with Crippen LogP contribution in [-0.2, 0) is 6.42 Å². The summed E-state index contributed by atoms with van der Waals surface area (Å²) in [4.78, 5) is 0. The lowest BCUT2D eigenvalue weighted by molar-refractivity contribution is 0.415. The number of fused-ring (bicyclic) bond motifs is 1. The molecule has 0 aliphatic rings. The highest BCUT2D eigenvalue weighted by atomic mass is 32.1. The molecule has 3 heteroatoms. The van der Waals surface area contributed by atoms with Crippen LogP contribution in [-0.4, -0.2) is 7.11 Å². The van der Waals surface area contributed by atoms with E-state index in [1.165, 1.54) is 11.3 Å². The molecule has 1 aromatic carbocycles. The number of thiophene rings is 1. The summed E-state index contributed by atoms with van der Waals surface area (Å²) in [6.45, 7) is 2.06. The first-order valence-electron chi connectivity index (χ1n) is 4.50. The minimum Gasteiger partial charge on any atom is -0.497 e. The van der Waals surface area contributed by atoms with Crippen molar-refractivity contribution in [2.75, 3.05) is 7.11 Å². The number of methoxy groups -OCH3 is 1. The van der Waals surface area contributed by atoms with Gasteiger partial charge in [-0.2, -0.15) is 4.39 Å². The molecule has 2 aromatic rings. The molecule has 0 aliphatic carbocycles. The third kappa shape index (κ3) is 1.48. The highest BCUT2D eigenvalue weighted by Gasteiger charge is 2.07. The van der Waals surface area contributed by atoms with Crippen LogP contribution in [0.25, 0.3) is 10.1 Å². The van der Waals surface area contributed by atoms with E-state index in [9.17, 15) is 4.39 Å². The maximum absolute atomic E-state index is 13.1. The summed E-state index contributed by atoms with van der Waals surface area (Å²) in [5.74, 6) is 0.798. The molecule has 0 saturated heterocycles. The number of benzene rings is 1. The van der Waals surface area contributed by atoms with Crippen molar-refractivity contribution in [2.24, 2.45) is 0 Å². The van der Waals surface area contributed by atoms with Gasteiger partial charge >= 0.3 is 0 Å². The second-order valence-electron chi connectivity index (χ2n) is 3.11. The van der Waals surface area contributed by atoms with Crippen LogP contribution in [0, 0.1) is 5.13 Å². The summed E-state index contributed by atoms with van der Waals surface area (Å²) in [6.07, 6.45) is 0.896. The van der Waals surface area contributed by atoms with Crippen LogP contribution < -0.4 is 4.74 Å². The lowest BCUT2D eigenvalue weighted by Gasteiger charge is -2.03. The predicted molar refractivity (Wildman–Crippen MR) is 57.7 cm³/mol. The van der Waals surface area contributed by atoms with E-state index in [2.05, 4.69) is 6.92 Å². The molecule has 0 N–H and O–H groups in total. The second-order valence-corrected chi connectivity index (χ2v) is 4.11. The number of halogens is 1. The second kappa shape index (κ2) is 3.58. The van der Waals surface area contributed by atoms with E-state index in [4.69, 9.17) is 4.74 Å². The largest absolute Gasteiger partial charge is 0.497 e. The Kier molecular flexibility index (Phi) is 2.42. The highest BCUT2D eigenvalue weighted by Crippen LogP contribution is 2.31. The van der Waals surface area contributed by atoms with Gasteiger partial charge in [0.1, 0.15) is 5.75 Å². The van der Waals surface area contributed by atoms with Gasteiger partial charge in [0.05, 0.1) is 7.11 Å². The summed E-state index contributed by atoms with van der Waals surface area (Å²) in [5, 5.41) is 0.798. The SMILES string of the molecule is CCc1cc(OC)cc2cc(F)sc12. The number of hydrogen-bond acceptors (Lipinski definition) is 2. The fourth-order valence-electron chi connectivity index (χ4n) is 1.54. The Morgan fingerprint density at radius 3 is 2.79 bits per heavy atom. The molecule has 2 rings (SSSR count). The van der Waals surface area contributed by atoms with Crippen LogP contribution in [0.1, 0.15) is 12.5 Å². The standard InChI is InChI=1S/C11H11FOS/c1-3-7-4-9(13-2)5-8-6-10(12)14-11(7)8/h4-6H,3H2,1-2H3. The minimum atomic E-state index is -0.136. The third-order valence-electron chi connectivity index (χ3n) is 2.25. The molecule has 0 aliphatic heterocycles. The minimum absolute atomic E-state index is 0.136. The first-order valence-corrected chi connectivity index (χ1v) is 5.32. The molecule has 14 heavy (non-hydrogen) atoms. The topological polar surface area (TPSA) is 9.23 Å². The molecule has 74 valence electrons. The van der Waals surface area contributed by atoms with Gasteiger partial charge in [-0.25, -0.2) is 0 Å². The molecule has 1 nitrogen and oxygen atoms in total. The molecule has 0 bridgehead atoms. The Bertz CT molecular complexity index is 462. The van der Waals surface area contributed by atoms with E-state index in [1.54, 1.807) is 13.2 Å². The smallest absolute Gasteiger partial charge is 0.177 e. The van der Waals surface area contributed by atoms with Crippen LogP contribution in [0.5, 0.6) is 5.75 Å². The van der Waals surface area contributed by atoms with Crippen LogP contribution in [0.4, 0.5) is 4.39 Å². The summed E-state index contributed by atoms with van der Waals surface area (Å²) >= 11 is 1.20. The fraction of sp³-hybridized carbons (Fsp3) is 0.273. The summed E-state index contributed by atoms with van der Waals surface area (Å²) in [7, 11) is 1.63. The normalized spacial score (nSPS) is 10.8. The average Bonchev–Trinajstić information content (AvgIpc) is 2.56. The zero-order valence-electron chi connectivity index (χ0n) is 8.13. The van der Waals surface area contributed by atoms with Crippen molar-refractivity contribution in [2.45, 2.75) is 13.3 Å². The zero-order valence-corrected chi connectivity index (χ0v) is 8.95. The van der Waals surface area contributed by atoms with E-state index >= 15 is 0 Å². The molecule has 0 atom stereocenters. The van der Waals surface area contributed by atoms with Gasteiger partial charge in [0.15, 0.2) is 5.13 Å². The summed E-state index contributed by atoms with van der Waals surface area (Å²) in [6, 6.07) is 5.40. The van der Waals surface area contributed by atoms with E-state index in [1.807, 2.05) is 12.1 Å². The van der Waals surface area contributed by atoms with Gasteiger partial charge < -0.3 is 4.74 Å². The Labute approximate surface area is 86.1 Å². The molecule has 0 amide bonds. The van der Waals surface area contributed by atoms with Crippen molar-refractivity contribution in [3.8, 4) is 5.75 Å². The van der Waals surface area contributed by atoms with Gasteiger partial charge in [0.2, 0.25) is 0 Å². The zero-order chi connectivity index (χ0) is 10.1. The molecule has 0 saturated carbocycles. The van der Waals surface area contributed by atoms with Gasteiger partial charge in [-0.05, 0) is 35.6 Å². The third-order valence-corrected chi connectivity index (χ3v) is 3.27. The van der Waals surface area contributed by atoms with Gasteiger partial charge in [-0.15, -0.1) is 11.3 Å². The predicted octanol–water partition coefficient (Wildman–Crippen LogP) is 3.61. The van der Waals surface area contributed by atoms with Crippen molar-refractivity contribution < 1.29 is 9.13 Å². The van der Waals surface area contributed by atoms with Gasteiger partial charge in [-0.1, -0.05) is 6.92 Å². The first kappa shape index (κ1) is 9.46. The molecule has 0 unspecified atom stereocenters. The molecular weight excluding hydrogens is 199 g/mol. The average molecular weight is 210 g/mol. The molecule has 0 fully saturated rings. The fourth-order valence-corrected chi connectivity index (χ4v) is 2.50. The number of aryl methyl sites for hydroxylation is 1. The molecule has 1 aromatic heterocycles. The van der Waals surface area contributed by atoms with E-state index in [-0.39, 0.29) is 5.13 Å². The Balaban J connectivity index is 2.72. The lowest BCUT2D eigenvalue weighted by Crippen LogP contribution is -1.85. The quantitative estimate of drug-likeness (QED) is 0.735. The van der Waals surface area contributed by atoms with Gasteiger partial charge in [0.25, 0.3) is 0 Å². The highest BCUT2D eigenvalue weighted by molar-refractivity contribution is 7.17. The van der Waals surface area contributed by atoms with Crippen LogP contribution in [0.2, 0.25) is 0 Å². The van der Waals surface area contributed by atoms with E-state index < -0.39 is 0 Å². The lowest BCUT2D eigenvalue weighted by atomic mass is 10.1. The van der Waals surface area contributed by atoms with Gasteiger partial charge in [-0.3, -0.25) is 0 Å². The van der Waals surface area contributed by atoms with E-state index in [0.29, 0.717) is 0 Å². The summed E-state index contributed by atoms with van der Waals surface area (Å²) in [5.41, 5.74) is 1.15. The Morgan fingerprint density at radius 2 is 2.14 bits per heavy atom. The van der Waals surface area contributed by atoms with Crippen LogP contribution >= 0.6 is 11.3 Å². The monoisotopic (exact) mass is 210 g/mol. The van der Waals surface area contributed by atoms with E-state index in [0.717, 1.165) is 27.8 Å². The molecule has 0 spiro atoms. The van der Waals surface area contributed by atoms with Crippen LogP contribution in [0.3, 0.4) is 0 Å². The van der Waals surface area contributed by atoms with Crippen molar-refractivity contribution in [3.05, 3.63) is 28.9 Å². The first-order chi connectivity index (χ1) is 6.74. The number of hydrogen-bond donors (Lipinski definition) is 0. The maximum Gasteiger partial charge on any atom is 0.177 e. The number of ether oxygens (including phenoxy) is 1. The molecule has 1 heterocycles. The Morgan fingerprint density at radius 1 is 1.36 bits per heavy atom. The van der Waals surface area contributed by atoms with Crippen molar-refractivity contribution in [1.29, 1.82) is 0 Å². The van der Waals surface area contributed by atoms with Crippen molar-refractivity contribution in [1.82, 2.24) is 0 Å². The van der Waals surface area contributed by atoms with Gasteiger partial charge in [0, 0.05) is 4.70 Å². The summed E-state index contributed by atoms with van der Waals surface area (Å²) < 4.78 is 19.2. The Hall–Kier alpha value is -1.09. The van der Waals surface area contributed by atoms with Crippen LogP contribution in [0.15, 0.2) is 18.2 Å². The van der Waals surface area contributed by atoms with Crippen molar-refractivity contribution >= 4 is 21.4 Å². The molecular formula is C11H11FOS. The molecule has 0 radical (unpaired) electrons. The maximum atomic E-state index is 13.1.